The summed E-state index contributed by atoms with van der Waals surface area (Å²) < 4.78 is 30.4. The third-order valence-corrected chi connectivity index (χ3v) is 2.31. The van der Waals surface area contributed by atoms with Gasteiger partial charge in [-0.15, -0.1) is 0 Å². The lowest BCUT2D eigenvalue weighted by molar-refractivity contribution is 0.144. The fraction of sp³-hybridized carbons (Fsp3) is 0.455. The third kappa shape index (κ3) is 2.48. The van der Waals surface area contributed by atoms with Crippen LogP contribution in [0.1, 0.15) is 29.2 Å². The Kier molecular flexibility index (Phi) is 4.20. The molecule has 0 amide bonds. The van der Waals surface area contributed by atoms with Crippen LogP contribution in [0.15, 0.2) is 12.1 Å². The van der Waals surface area contributed by atoms with E-state index in [9.17, 15) is 13.9 Å². The van der Waals surface area contributed by atoms with Crippen LogP contribution in [0, 0.1) is 6.92 Å². The first-order chi connectivity index (χ1) is 7.51. The van der Waals surface area contributed by atoms with Gasteiger partial charge in [0, 0.05) is 12.1 Å². The molecule has 1 aromatic carbocycles. The molecule has 0 spiro atoms. The van der Waals surface area contributed by atoms with Crippen LogP contribution in [0.5, 0.6) is 5.75 Å². The minimum atomic E-state index is -2.64. The maximum atomic E-state index is 12.7. The van der Waals surface area contributed by atoms with Gasteiger partial charge < -0.3 is 15.6 Å². The summed E-state index contributed by atoms with van der Waals surface area (Å²) in [4.78, 5) is 0. The summed E-state index contributed by atoms with van der Waals surface area (Å²) in [5.74, 6) is 0.0125. The van der Waals surface area contributed by atoms with E-state index in [2.05, 4.69) is 0 Å². The zero-order chi connectivity index (χ0) is 12.3. The third-order valence-electron chi connectivity index (χ3n) is 2.31. The average Bonchev–Trinajstić information content (AvgIpc) is 2.26. The predicted molar refractivity (Wildman–Crippen MR) is 56.7 cm³/mol. The average molecular weight is 231 g/mol. The second-order valence-electron chi connectivity index (χ2n) is 3.53. The molecule has 1 unspecified atom stereocenters. The van der Waals surface area contributed by atoms with Crippen molar-refractivity contribution in [3.8, 4) is 5.75 Å². The van der Waals surface area contributed by atoms with Crippen LogP contribution in [0.2, 0.25) is 0 Å². The summed E-state index contributed by atoms with van der Waals surface area (Å²) >= 11 is 0. The second-order valence-corrected chi connectivity index (χ2v) is 3.53. The molecule has 0 saturated heterocycles. The Labute approximate surface area is 92.8 Å². The van der Waals surface area contributed by atoms with Crippen molar-refractivity contribution in [2.24, 2.45) is 5.73 Å². The molecule has 0 saturated carbocycles. The lowest BCUT2D eigenvalue weighted by Gasteiger charge is -2.17. The monoisotopic (exact) mass is 231 g/mol. The first-order valence-electron chi connectivity index (χ1n) is 4.86. The van der Waals surface area contributed by atoms with Gasteiger partial charge >= 0.3 is 0 Å². The summed E-state index contributed by atoms with van der Waals surface area (Å²) in [5.41, 5.74) is 6.04. The lowest BCUT2D eigenvalue weighted by atomic mass is 10.0. The topological polar surface area (TPSA) is 55.5 Å². The normalized spacial score (nSPS) is 12.9. The SMILES string of the molecule is COc1c(C(F)F)cc(C)cc1C(O)CN. The largest absolute Gasteiger partial charge is 0.496 e. The van der Waals surface area contributed by atoms with Gasteiger partial charge in [-0.2, -0.15) is 0 Å². The highest BCUT2D eigenvalue weighted by Gasteiger charge is 2.21. The molecule has 0 radical (unpaired) electrons. The van der Waals surface area contributed by atoms with Crippen molar-refractivity contribution in [1.29, 1.82) is 0 Å². The van der Waals surface area contributed by atoms with Crippen molar-refractivity contribution in [2.45, 2.75) is 19.5 Å². The van der Waals surface area contributed by atoms with Crippen LogP contribution in [0.3, 0.4) is 0 Å². The molecule has 0 aliphatic rings. The van der Waals surface area contributed by atoms with Crippen molar-refractivity contribution in [2.75, 3.05) is 13.7 Å². The van der Waals surface area contributed by atoms with Crippen molar-refractivity contribution in [3.05, 3.63) is 28.8 Å². The van der Waals surface area contributed by atoms with Crippen molar-refractivity contribution in [3.63, 3.8) is 0 Å². The molecule has 90 valence electrons. The first kappa shape index (κ1) is 12.9. The van der Waals surface area contributed by atoms with Crippen molar-refractivity contribution < 1.29 is 18.6 Å². The zero-order valence-electron chi connectivity index (χ0n) is 9.21. The molecule has 0 bridgehead atoms. The van der Waals surface area contributed by atoms with E-state index in [1.807, 2.05) is 0 Å². The molecular formula is C11H15F2NO2. The maximum absolute atomic E-state index is 12.7. The lowest BCUT2D eigenvalue weighted by Crippen LogP contribution is -2.13. The minimum absolute atomic E-state index is 0.0125. The Morgan fingerprint density at radius 2 is 1.94 bits per heavy atom. The van der Waals surface area contributed by atoms with Crippen LogP contribution in [0.4, 0.5) is 8.78 Å². The van der Waals surface area contributed by atoms with Gasteiger partial charge in [-0.3, -0.25) is 0 Å². The van der Waals surface area contributed by atoms with Gasteiger partial charge in [0.2, 0.25) is 0 Å². The van der Waals surface area contributed by atoms with Gasteiger partial charge in [0.05, 0.1) is 18.8 Å². The quantitative estimate of drug-likeness (QED) is 0.832. The number of hydrogen-bond donors (Lipinski definition) is 2. The maximum Gasteiger partial charge on any atom is 0.267 e. The Hall–Kier alpha value is -1.20. The summed E-state index contributed by atoms with van der Waals surface area (Å²) in [6.45, 7) is 1.64. The summed E-state index contributed by atoms with van der Waals surface area (Å²) in [6, 6.07) is 2.94. The fourth-order valence-corrected chi connectivity index (χ4v) is 1.60. The highest BCUT2D eigenvalue weighted by molar-refractivity contribution is 5.46. The molecule has 0 fully saturated rings. The molecule has 0 aromatic heterocycles. The number of ether oxygens (including phenoxy) is 1. The number of nitrogens with two attached hydrogens (primary N) is 1. The van der Waals surface area contributed by atoms with Crippen molar-refractivity contribution in [1.82, 2.24) is 0 Å². The number of methoxy groups -OCH3 is 1. The standard InChI is InChI=1S/C11H15F2NO2/c1-6-3-7(9(15)5-14)10(16-2)8(4-6)11(12)13/h3-4,9,11,15H,5,14H2,1-2H3. The van der Waals surface area contributed by atoms with E-state index in [0.717, 1.165) is 0 Å². The van der Waals surface area contributed by atoms with Gasteiger partial charge in [0.15, 0.2) is 0 Å². The number of aliphatic hydroxyl groups is 1. The smallest absolute Gasteiger partial charge is 0.267 e. The number of alkyl halides is 2. The number of hydrogen-bond acceptors (Lipinski definition) is 3. The Morgan fingerprint density at radius 1 is 1.38 bits per heavy atom. The molecule has 5 heteroatoms. The van der Waals surface area contributed by atoms with Crippen LogP contribution >= 0.6 is 0 Å². The van der Waals surface area contributed by atoms with E-state index < -0.39 is 12.5 Å². The van der Waals surface area contributed by atoms with E-state index in [0.29, 0.717) is 11.1 Å². The van der Waals surface area contributed by atoms with Crippen LogP contribution in [0.25, 0.3) is 0 Å². The molecule has 3 nitrogen and oxygen atoms in total. The van der Waals surface area contributed by atoms with Crippen LogP contribution in [-0.2, 0) is 0 Å². The van der Waals surface area contributed by atoms with Gasteiger partial charge in [-0.05, 0) is 19.1 Å². The van der Waals surface area contributed by atoms with Crippen LogP contribution < -0.4 is 10.5 Å². The van der Waals surface area contributed by atoms with Gasteiger partial charge in [-0.25, -0.2) is 8.78 Å². The van der Waals surface area contributed by atoms with Gasteiger partial charge in [0.25, 0.3) is 6.43 Å². The molecular weight excluding hydrogens is 216 g/mol. The number of aryl methyl sites for hydroxylation is 1. The summed E-state index contributed by atoms with van der Waals surface area (Å²) in [7, 11) is 1.29. The highest BCUT2D eigenvalue weighted by Crippen LogP contribution is 2.36. The van der Waals surface area contributed by atoms with E-state index in [1.165, 1.54) is 13.2 Å². The molecule has 1 rings (SSSR count). The first-order valence-corrected chi connectivity index (χ1v) is 4.86. The molecule has 16 heavy (non-hydrogen) atoms. The number of benzene rings is 1. The van der Waals surface area contributed by atoms with Crippen LogP contribution in [-0.4, -0.2) is 18.8 Å². The minimum Gasteiger partial charge on any atom is -0.496 e. The Balaban J connectivity index is 3.35. The second kappa shape index (κ2) is 5.23. The highest BCUT2D eigenvalue weighted by atomic mass is 19.3. The van der Waals surface area contributed by atoms with Gasteiger partial charge in [0.1, 0.15) is 5.75 Å². The number of halogens is 2. The van der Waals surface area contributed by atoms with E-state index >= 15 is 0 Å². The summed E-state index contributed by atoms with van der Waals surface area (Å²) in [6.07, 6.45) is -3.63. The van der Waals surface area contributed by atoms with Crippen molar-refractivity contribution >= 4 is 0 Å². The molecule has 1 atom stereocenters. The summed E-state index contributed by atoms with van der Waals surface area (Å²) in [5, 5.41) is 9.62. The van der Waals surface area contributed by atoms with Gasteiger partial charge in [-0.1, -0.05) is 5.56 Å². The predicted octanol–water partition coefficient (Wildman–Crippen LogP) is 1.93. The molecule has 0 heterocycles. The Morgan fingerprint density at radius 3 is 2.38 bits per heavy atom. The van der Waals surface area contributed by atoms with E-state index in [1.54, 1.807) is 13.0 Å². The Bertz CT molecular complexity index is 369. The molecule has 3 N–H and O–H groups in total. The van der Waals surface area contributed by atoms with E-state index in [4.69, 9.17) is 10.5 Å². The fourth-order valence-electron chi connectivity index (χ4n) is 1.60. The number of aliphatic hydroxyl groups excluding tert-OH is 1. The molecule has 0 aliphatic carbocycles. The molecule has 1 aromatic rings. The van der Waals surface area contributed by atoms with E-state index in [-0.39, 0.29) is 17.9 Å². The number of rotatable bonds is 4. The zero-order valence-corrected chi connectivity index (χ0v) is 9.21. The molecule has 0 aliphatic heterocycles.